The van der Waals surface area contributed by atoms with E-state index in [2.05, 4.69) is 33.8 Å². The average molecular weight is 400 g/mol. The first kappa shape index (κ1) is 20.7. The molecule has 8 nitrogen and oxygen atoms in total. The number of anilines is 2. The predicted molar refractivity (Wildman–Crippen MR) is 107 cm³/mol. The lowest BCUT2D eigenvalue weighted by atomic mass is 10.3. The maximum atomic E-state index is 12.3. The van der Waals surface area contributed by atoms with Crippen LogP contribution in [-0.2, 0) is 0 Å². The molecule has 28 heavy (non-hydrogen) atoms. The largest absolute Gasteiger partial charge is 0.487 e. The second-order valence-corrected chi connectivity index (χ2v) is 5.70. The normalized spacial score (nSPS) is 9.71. The van der Waals surface area contributed by atoms with E-state index in [1.807, 2.05) is 6.07 Å². The number of aromatic nitrogens is 2. The van der Waals surface area contributed by atoms with Crippen molar-refractivity contribution in [3.63, 3.8) is 0 Å². The minimum absolute atomic E-state index is 0.0185. The van der Waals surface area contributed by atoms with Gasteiger partial charge in [-0.25, -0.2) is 9.78 Å². The molecule has 2 aromatic rings. The van der Waals surface area contributed by atoms with Crippen LogP contribution in [0, 0.1) is 11.3 Å². The van der Waals surface area contributed by atoms with Crippen molar-refractivity contribution in [3.8, 4) is 17.7 Å². The quantitative estimate of drug-likeness (QED) is 0.484. The average Bonchev–Trinajstić information content (AvgIpc) is 2.68. The highest BCUT2D eigenvalue weighted by molar-refractivity contribution is 6.31. The van der Waals surface area contributed by atoms with Gasteiger partial charge in [0.2, 0.25) is 5.69 Å². The second-order valence-electron chi connectivity index (χ2n) is 5.27. The van der Waals surface area contributed by atoms with Crippen molar-refractivity contribution in [3.05, 3.63) is 60.4 Å². The summed E-state index contributed by atoms with van der Waals surface area (Å²) in [4.78, 5) is 20.4. The van der Waals surface area contributed by atoms with E-state index in [-0.39, 0.29) is 30.6 Å². The molecule has 0 aliphatic heterocycles. The molecule has 0 spiro atoms. The number of halogens is 1. The third kappa shape index (κ3) is 6.00. The summed E-state index contributed by atoms with van der Waals surface area (Å²) in [7, 11) is 0. The van der Waals surface area contributed by atoms with Gasteiger partial charge in [0.15, 0.2) is 5.82 Å². The second kappa shape index (κ2) is 10.5. The molecule has 0 unspecified atom stereocenters. The Hall–Kier alpha value is -3.57. The molecule has 0 atom stereocenters. The van der Waals surface area contributed by atoms with Crippen molar-refractivity contribution < 1.29 is 14.3 Å². The molecule has 0 aliphatic rings. The summed E-state index contributed by atoms with van der Waals surface area (Å²) in [5, 5.41) is 14.7. The number of ether oxygens (including phenoxy) is 2. The monoisotopic (exact) mass is 399 g/mol. The minimum atomic E-state index is -0.596. The van der Waals surface area contributed by atoms with Crippen LogP contribution < -0.4 is 20.1 Å². The SMILES string of the molecule is C=CCCOc1nc(NC(=O)Nc2cc(Cl)ccc2OCC=C)cnc1C#N. The van der Waals surface area contributed by atoms with Crippen molar-refractivity contribution in [2.75, 3.05) is 23.8 Å². The number of nitrogens with zero attached hydrogens (tertiary/aromatic N) is 3. The highest BCUT2D eigenvalue weighted by Gasteiger charge is 2.13. The minimum Gasteiger partial charge on any atom is -0.487 e. The van der Waals surface area contributed by atoms with E-state index in [0.717, 1.165) is 0 Å². The van der Waals surface area contributed by atoms with Gasteiger partial charge in [0.25, 0.3) is 5.88 Å². The van der Waals surface area contributed by atoms with Gasteiger partial charge in [0.05, 0.1) is 18.5 Å². The summed E-state index contributed by atoms with van der Waals surface area (Å²) in [6.07, 6.45) is 5.09. The van der Waals surface area contributed by atoms with Gasteiger partial charge in [-0.05, 0) is 24.6 Å². The number of hydrogen-bond acceptors (Lipinski definition) is 6. The molecule has 0 bridgehead atoms. The lowest BCUT2D eigenvalue weighted by Gasteiger charge is -2.13. The molecule has 0 saturated heterocycles. The van der Waals surface area contributed by atoms with E-state index in [0.29, 0.717) is 22.9 Å². The molecular formula is C19H18ClN5O3. The molecule has 2 rings (SSSR count). The van der Waals surface area contributed by atoms with Crippen LogP contribution in [-0.4, -0.2) is 29.2 Å². The maximum absolute atomic E-state index is 12.3. The van der Waals surface area contributed by atoms with Crippen LogP contribution >= 0.6 is 11.6 Å². The zero-order valence-corrected chi connectivity index (χ0v) is 15.7. The number of amides is 2. The van der Waals surface area contributed by atoms with Gasteiger partial charge in [-0.2, -0.15) is 10.2 Å². The fourth-order valence-electron chi connectivity index (χ4n) is 1.99. The number of hydrogen-bond donors (Lipinski definition) is 2. The topological polar surface area (TPSA) is 109 Å². The van der Waals surface area contributed by atoms with Gasteiger partial charge in [0, 0.05) is 5.02 Å². The fourth-order valence-corrected chi connectivity index (χ4v) is 2.17. The Bertz CT molecular complexity index is 911. The molecule has 9 heteroatoms. The van der Waals surface area contributed by atoms with Crippen LogP contribution in [0.25, 0.3) is 0 Å². The van der Waals surface area contributed by atoms with E-state index in [9.17, 15) is 4.79 Å². The number of benzene rings is 1. The summed E-state index contributed by atoms with van der Waals surface area (Å²) >= 11 is 5.99. The van der Waals surface area contributed by atoms with Crippen LogP contribution in [0.5, 0.6) is 11.6 Å². The fraction of sp³-hybridized carbons (Fsp3) is 0.158. The van der Waals surface area contributed by atoms with Crippen molar-refractivity contribution in [1.29, 1.82) is 5.26 Å². The Morgan fingerprint density at radius 2 is 2.11 bits per heavy atom. The van der Waals surface area contributed by atoms with E-state index >= 15 is 0 Å². The standard InChI is InChI=1S/C19H18ClN5O3/c1-3-5-9-28-18-15(11-21)22-12-17(24-18)25-19(26)23-14-10-13(20)6-7-16(14)27-8-4-2/h3-4,6-7,10,12H,1-2,5,8-9H2,(H2,23,24,25,26). The van der Waals surface area contributed by atoms with E-state index in [1.165, 1.54) is 6.20 Å². The summed E-state index contributed by atoms with van der Waals surface area (Å²) in [5.74, 6) is 0.569. The molecule has 0 radical (unpaired) electrons. The van der Waals surface area contributed by atoms with Crippen LogP contribution in [0.15, 0.2) is 49.7 Å². The van der Waals surface area contributed by atoms with E-state index < -0.39 is 6.03 Å². The molecule has 0 saturated carbocycles. The van der Waals surface area contributed by atoms with Gasteiger partial charge in [-0.15, -0.1) is 6.58 Å². The number of carbonyl (C=O) groups excluding carboxylic acids is 1. The zero-order chi connectivity index (χ0) is 20.4. The number of nitriles is 1. The first-order valence-electron chi connectivity index (χ1n) is 8.19. The number of rotatable bonds is 9. The Kier molecular flexibility index (Phi) is 7.81. The van der Waals surface area contributed by atoms with Crippen LogP contribution in [0.4, 0.5) is 16.3 Å². The lowest BCUT2D eigenvalue weighted by Crippen LogP contribution is -2.21. The number of nitrogens with one attached hydrogen (secondary N) is 2. The third-order valence-electron chi connectivity index (χ3n) is 3.20. The maximum Gasteiger partial charge on any atom is 0.325 e. The Morgan fingerprint density at radius 3 is 2.82 bits per heavy atom. The Labute approximate surface area is 167 Å². The Morgan fingerprint density at radius 1 is 1.29 bits per heavy atom. The molecule has 1 heterocycles. The first-order valence-corrected chi connectivity index (χ1v) is 8.57. The van der Waals surface area contributed by atoms with Crippen molar-refractivity contribution in [2.24, 2.45) is 0 Å². The zero-order valence-electron chi connectivity index (χ0n) is 14.9. The van der Waals surface area contributed by atoms with Gasteiger partial charge in [0.1, 0.15) is 18.4 Å². The van der Waals surface area contributed by atoms with Gasteiger partial charge >= 0.3 is 6.03 Å². The van der Waals surface area contributed by atoms with Gasteiger partial charge < -0.3 is 14.8 Å². The molecular weight excluding hydrogens is 382 g/mol. The summed E-state index contributed by atoms with van der Waals surface area (Å²) in [6.45, 7) is 7.73. The first-order chi connectivity index (χ1) is 13.6. The molecule has 1 aromatic heterocycles. The van der Waals surface area contributed by atoms with Gasteiger partial charge in [-0.3, -0.25) is 5.32 Å². The summed E-state index contributed by atoms with van der Waals surface area (Å²) in [6, 6.07) is 6.11. The Balaban J connectivity index is 2.12. The smallest absolute Gasteiger partial charge is 0.325 e. The summed E-state index contributed by atoms with van der Waals surface area (Å²) < 4.78 is 10.9. The molecule has 0 fully saturated rings. The van der Waals surface area contributed by atoms with Crippen molar-refractivity contribution in [1.82, 2.24) is 9.97 Å². The van der Waals surface area contributed by atoms with Crippen LogP contribution in [0.2, 0.25) is 5.02 Å². The molecule has 1 aromatic carbocycles. The highest BCUT2D eigenvalue weighted by Crippen LogP contribution is 2.28. The molecule has 2 N–H and O–H groups in total. The van der Waals surface area contributed by atoms with Crippen LogP contribution in [0.1, 0.15) is 12.1 Å². The highest BCUT2D eigenvalue weighted by atomic mass is 35.5. The lowest BCUT2D eigenvalue weighted by molar-refractivity contribution is 0.262. The third-order valence-corrected chi connectivity index (χ3v) is 3.43. The number of urea groups is 1. The number of carbonyl (C=O) groups is 1. The van der Waals surface area contributed by atoms with E-state index in [4.69, 9.17) is 26.3 Å². The van der Waals surface area contributed by atoms with E-state index in [1.54, 1.807) is 30.4 Å². The molecule has 144 valence electrons. The van der Waals surface area contributed by atoms with Gasteiger partial charge in [-0.1, -0.05) is 30.3 Å². The van der Waals surface area contributed by atoms with Crippen molar-refractivity contribution in [2.45, 2.75) is 6.42 Å². The molecule has 2 amide bonds. The molecule has 0 aliphatic carbocycles. The van der Waals surface area contributed by atoms with Crippen molar-refractivity contribution >= 4 is 29.1 Å². The summed E-state index contributed by atoms with van der Waals surface area (Å²) in [5.41, 5.74) is 0.390. The predicted octanol–water partition coefficient (Wildman–Crippen LogP) is 4.17. The van der Waals surface area contributed by atoms with Crippen LogP contribution in [0.3, 0.4) is 0 Å².